The number of aryl methyl sites for hydroxylation is 1. The van der Waals surface area contributed by atoms with Gasteiger partial charge in [0.05, 0.1) is 24.9 Å². The van der Waals surface area contributed by atoms with Crippen LogP contribution in [0.2, 0.25) is 0 Å². The first-order valence-corrected chi connectivity index (χ1v) is 14.9. The van der Waals surface area contributed by atoms with Crippen LogP contribution in [-0.4, -0.2) is 55.7 Å². The van der Waals surface area contributed by atoms with Gasteiger partial charge in [0.25, 0.3) is 5.91 Å². The van der Waals surface area contributed by atoms with Crippen molar-refractivity contribution in [1.29, 1.82) is 0 Å². The van der Waals surface area contributed by atoms with Gasteiger partial charge in [0.2, 0.25) is 5.79 Å². The van der Waals surface area contributed by atoms with E-state index in [9.17, 15) is 14.7 Å². The average Bonchev–Trinajstić information content (AvgIpc) is 3.29. The fourth-order valence-electron chi connectivity index (χ4n) is 5.08. The first-order valence-electron chi connectivity index (χ1n) is 14.9. The van der Waals surface area contributed by atoms with Gasteiger partial charge in [-0.15, -0.1) is 0 Å². The van der Waals surface area contributed by atoms with Gasteiger partial charge < -0.3 is 30.0 Å². The third kappa shape index (κ3) is 9.53. The van der Waals surface area contributed by atoms with E-state index in [2.05, 4.69) is 10.6 Å². The molecule has 2 aliphatic rings. The van der Waals surface area contributed by atoms with Crippen molar-refractivity contribution in [2.45, 2.75) is 83.7 Å². The van der Waals surface area contributed by atoms with Crippen LogP contribution in [0.5, 0.6) is 5.75 Å². The minimum absolute atomic E-state index is 0.0642. The van der Waals surface area contributed by atoms with E-state index in [0.29, 0.717) is 18.8 Å². The molecular weight excluding hydrogens is 522 g/mol. The molecule has 0 radical (unpaired) electrons. The van der Waals surface area contributed by atoms with E-state index in [-0.39, 0.29) is 18.5 Å². The van der Waals surface area contributed by atoms with Crippen molar-refractivity contribution < 1.29 is 28.9 Å². The quantitative estimate of drug-likeness (QED) is 0.182. The number of imide groups is 1. The molecule has 4 rings (SSSR count). The number of fused-ring (bicyclic) bond motifs is 1. The largest absolute Gasteiger partial charge is 0.463 e. The Morgan fingerprint density at radius 2 is 1.80 bits per heavy atom. The predicted molar refractivity (Wildman–Crippen MR) is 158 cm³/mol. The topological polar surface area (TPSA) is 109 Å². The maximum Gasteiger partial charge on any atom is 0.329 e. The Balaban J connectivity index is 0.962. The molecule has 0 aromatic heterocycles. The highest BCUT2D eigenvalue weighted by Gasteiger charge is 2.30. The number of anilines is 1. The van der Waals surface area contributed by atoms with Gasteiger partial charge in [0.15, 0.2) is 0 Å². The molecule has 1 saturated heterocycles. The molecule has 0 unspecified atom stereocenters. The zero-order chi connectivity index (χ0) is 29.1. The number of ether oxygens (including phenoxy) is 3. The highest BCUT2D eigenvalue weighted by atomic mass is 16.7. The molecule has 9 heteroatoms. The second kappa shape index (κ2) is 15.3. The molecule has 1 fully saturated rings. The molecule has 0 bridgehead atoms. The minimum Gasteiger partial charge on any atom is -0.463 e. The maximum atomic E-state index is 11.9. The van der Waals surface area contributed by atoms with Crippen LogP contribution >= 0.6 is 0 Å². The van der Waals surface area contributed by atoms with Crippen LogP contribution < -0.4 is 20.3 Å². The van der Waals surface area contributed by atoms with E-state index in [1.54, 1.807) is 6.07 Å². The van der Waals surface area contributed by atoms with Gasteiger partial charge in [-0.1, -0.05) is 37.5 Å². The van der Waals surface area contributed by atoms with Gasteiger partial charge >= 0.3 is 6.03 Å². The van der Waals surface area contributed by atoms with Gasteiger partial charge in [0.1, 0.15) is 5.75 Å². The molecule has 0 saturated carbocycles. The normalized spacial score (nSPS) is 16.8. The molecule has 224 valence electrons. The van der Waals surface area contributed by atoms with Crippen LogP contribution in [0.15, 0.2) is 42.5 Å². The number of urea groups is 1. The fraction of sp³-hybridized carbons (Fsp3) is 0.562. The van der Waals surface area contributed by atoms with Crippen LogP contribution in [0.4, 0.5) is 10.5 Å². The lowest BCUT2D eigenvalue weighted by molar-refractivity contribution is -0.180. The number of amides is 3. The van der Waals surface area contributed by atoms with E-state index in [1.165, 1.54) is 4.90 Å². The molecule has 0 spiro atoms. The number of carbonyl (C=O) groups is 2. The molecular formula is C32H45N3O6. The molecule has 2 aromatic rings. The fourth-order valence-corrected chi connectivity index (χ4v) is 5.08. The highest BCUT2D eigenvalue weighted by Crippen LogP contribution is 2.32. The average molecular weight is 568 g/mol. The monoisotopic (exact) mass is 567 g/mol. The minimum atomic E-state index is -0.613. The predicted octanol–water partition coefficient (Wildman–Crippen LogP) is 5.00. The number of hydrogen-bond acceptors (Lipinski definition) is 7. The molecule has 2 heterocycles. The number of nitrogens with one attached hydrogen (secondary N) is 2. The molecule has 3 N–H and O–H groups in total. The van der Waals surface area contributed by atoms with Crippen molar-refractivity contribution in [3.8, 4) is 5.75 Å². The Morgan fingerprint density at radius 3 is 2.59 bits per heavy atom. The van der Waals surface area contributed by atoms with Gasteiger partial charge in [0, 0.05) is 39.2 Å². The highest BCUT2D eigenvalue weighted by molar-refractivity contribution is 6.19. The van der Waals surface area contributed by atoms with Gasteiger partial charge in [-0.3, -0.25) is 4.79 Å². The van der Waals surface area contributed by atoms with Crippen molar-refractivity contribution in [3.63, 3.8) is 0 Å². The molecule has 3 amide bonds. The molecule has 0 aliphatic carbocycles. The third-order valence-corrected chi connectivity index (χ3v) is 7.40. The number of rotatable bonds is 17. The summed E-state index contributed by atoms with van der Waals surface area (Å²) in [6.07, 6.45) is 7.92. The number of aliphatic hydroxyl groups excluding tert-OH is 1. The van der Waals surface area contributed by atoms with Crippen LogP contribution in [-0.2, 0) is 27.3 Å². The molecule has 41 heavy (non-hydrogen) atoms. The summed E-state index contributed by atoms with van der Waals surface area (Å²) in [4.78, 5) is 25.0. The molecule has 9 nitrogen and oxygen atoms in total. The number of aliphatic hydroxyl groups is 1. The summed E-state index contributed by atoms with van der Waals surface area (Å²) in [5, 5.41) is 16.5. The van der Waals surface area contributed by atoms with Crippen molar-refractivity contribution in [3.05, 3.63) is 59.2 Å². The summed E-state index contributed by atoms with van der Waals surface area (Å²) in [5.74, 6) is -0.00490. The van der Waals surface area contributed by atoms with Crippen molar-refractivity contribution >= 4 is 17.6 Å². The van der Waals surface area contributed by atoms with Crippen molar-refractivity contribution in [2.75, 3.05) is 37.7 Å². The second-order valence-electron chi connectivity index (χ2n) is 11.3. The Morgan fingerprint density at radius 1 is 1.02 bits per heavy atom. The smallest absolute Gasteiger partial charge is 0.329 e. The number of carbonyl (C=O) groups excluding carboxylic acids is 2. The van der Waals surface area contributed by atoms with Crippen molar-refractivity contribution in [2.24, 2.45) is 0 Å². The maximum absolute atomic E-state index is 11.9. The molecule has 2 aromatic carbocycles. The summed E-state index contributed by atoms with van der Waals surface area (Å²) >= 11 is 0. The molecule has 2 aliphatic heterocycles. The summed E-state index contributed by atoms with van der Waals surface area (Å²) in [5.41, 5.74) is 3.62. The summed E-state index contributed by atoms with van der Waals surface area (Å²) < 4.78 is 17.3. The lowest BCUT2D eigenvalue weighted by Crippen LogP contribution is -2.35. The van der Waals surface area contributed by atoms with Gasteiger partial charge in [-0.25, -0.2) is 9.69 Å². The van der Waals surface area contributed by atoms with Gasteiger partial charge in [-0.2, -0.15) is 0 Å². The van der Waals surface area contributed by atoms with Crippen LogP contribution in [0.1, 0.15) is 81.6 Å². The number of unbranched alkanes of at least 4 members (excludes halogenated alkanes) is 5. The van der Waals surface area contributed by atoms with E-state index in [4.69, 9.17) is 14.2 Å². The number of hydrogen-bond donors (Lipinski definition) is 3. The van der Waals surface area contributed by atoms with E-state index in [1.807, 2.05) is 50.2 Å². The van der Waals surface area contributed by atoms with Crippen LogP contribution in [0, 0.1) is 0 Å². The SMILES string of the molecule is CC1(C)OCc2cc([C@H](O)CNCCCCCCOCCCCCc3cccc(N4C(=O)CNC4=O)c3)ccc2O1. The van der Waals surface area contributed by atoms with Crippen LogP contribution in [0.25, 0.3) is 0 Å². The standard InChI is InChI=1S/C32H45N3O6/c1-32(2)40-23-26-20-25(14-15-29(26)41-32)28(36)21-33-16-7-3-4-8-17-39-18-9-5-6-11-24-12-10-13-27(19-24)35-30(37)22-34-31(35)38/h10,12-15,19-20,28,33,36H,3-9,11,16-18,21-23H2,1-2H3,(H,34,38)/t28-/m1/s1. The lowest BCUT2D eigenvalue weighted by atomic mass is 10.0. The zero-order valence-electron chi connectivity index (χ0n) is 24.5. The Hall–Kier alpha value is -2.98. The number of nitrogens with zero attached hydrogens (tertiary/aromatic N) is 1. The summed E-state index contributed by atoms with van der Waals surface area (Å²) in [7, 11) is 0. The Bertz CT molecular complexity index is 1140. The third-order valence-electron chi connectivity index (χ3n) is 7.40. The van der Waals surface area contributed by atoms with E-state index in [0.717, 1.165) is 93.6 Å². The number of benzene rings is 2. The molecule has 1 atom stereocenters. The van der Waals surface area contributed by atoms with Crippen molar-refractivity contribution in [1.82, 2.24) is 10.6 Å². The lowest BCUT2D eigenvalue weighted by Gasteiger charge is -2.33. The van der Waals surface area contributed by atoms with E-state index < -0.39 is 11.9 Å². The van der Waals surface area contributed by atoms with Crippen LogP contribution in [0.3, 0.4) is 0 Å². The first-order chi connectivity index (χ1) is 19.8. The Labute approximate surface area is 243 Å². The summed E-state index contributed by atoms with van der Waals surface area (Å²) in [6.45, 7) is 7.32. The first kappa shape index (κ1) is 31.0. The van der Waals surface area contributed by atoms with Gasteiger partial charge in [-0.05, 0) is 74.0 Å². The van der Waals surface area contributed by atoms with E-state index >= 15 is 0 Å². The summed E-state index contributed by atoms with van der Waals surface area (Å²) in [6, 6.07) is 13.1. The zero-order valence-corrected chi connectivity index (χ0v) is 24.5. The Kier molecular flexibility index (Phi) is 11.6. The second-order valence-corrected chi connectivity index (χ2v) is 11.3.